The number of hydrogen-bond donors (Lipinski definition) is 0. The molecule has 0 rings (SSSR count). The largest absolute Gasteiger partial charge is 0.253 e. The van der Waals surface area contributed by atoms with Crippen LogP contribution in [0.2, 0.25) is 0 Å². The second kappa shape index (κ2) is 4.01. The number of aliphatic imine (C=N–C) groups is 2. The van der Waals surface area contributed by atoms with Crippen molar-refractivity contribution >= 4 is 13.1 Å². The Morgan fingerprint density at radius 2 is 2.11 bits per heavy atom. The Morgan fingerprint density at radius 3 is 2.44 bits per heavy atom. The molecule has 0 saturated carbocycles. The van der Waals surface area contributed by atoms with Crippen molar-refractivity contribution < 1.29 is 0 Å². The van der Waals surface area contributed by atoms with Crippen molar-refractivity contribution in [2.75, 3.05) is 0 Å². The van der Waals surface area contributed by atoms with Crippen LogP contribution < -0.4 is 0 Å². The summed E-state index contributed by atoms with van der Waals surface area (Å²) in [5.74, 6) is 0.392. The van der Waals surface area contributed by atoms with E-state index in [0.717, 1.165) is 5.70 Å². The summed E-state index contributed by atoms with van der Waals surface area (Å²) in [4.78, 5) is 7.35. The van der Waals surface area contributed by atoms with E-state index in [0.29, 0.717) is 5.92 Å². The Balaban J connectivity index is 3.76. The molecule has 0 aromatic rings. The van der Waals surface area contributed by atoms with Gasteiger partial charge in [0.25, 0.3) is 0 Å². The third-order valence-electron chi connectivity index (χ3n) is 0.972. The molecule has 0 radical (unpaired) electrons. The van der Waals surface area contributed by atoms with Gasteiger partial charge in [0.05, 0.1) is 0 Å². The quantitative estimate of drug-likeness (QED) is 0.405. The Hall–Kier alpha value is -0.920. The first kappa shape index (κ1) is 8.08. The van der Waals surface area contributed by atoms with Crippen LogP contribution in [0.4, 0.5) is 0 Å². The van der Waals surface area contributed by atoms with E-state index < -0.39 is 0 Å². The van der Waals surface area contributed by atoms with E-state index in [2.05, 4.69) is 23.3 Å². The zero-order chi connectivity index (χ0) is 7.28. The van der Waals surface area contributed by atoms with Gasteiger partial charge in [0, 0.05) is 5.70 Å². The maximum atomic E-state index is 3.89. The van der Waals surface area contributed by atoms with Crippen LogP contribution in [0.15, 0.2) is 22.3 Å². The van der Waals surface area contributed by atoms with Crippen LogP contribution in [0.1, 0.15) is 13.8 Å². The van der Waals surface area contributed by atoms with Crippen LogP contribution in [0, 0.1) is 5.92 Å². The summed E-state index contributed by atoms with van der Waals surface area (Å²) in [5, 5.41) is 0. The Labute approximate surface area is 56.0 Å². The van der Waals surface area contributed by atoms with Crippen molar-refractivity contribution in [3.05, 3.63) is 12.3 Å². The molecule has 0 aliphatic heterocycles. The lowest BCUT2D eigenvalue weighted by Crippen LogP contribution is -1.87. The molecule has 0 amide bonds. The molecule has 0 aliphatic carbocycles. The highest BCUT2D eigenvalue weighted by molar-refractivity contribution is 5.63. The van der Waals surface area contributed by atoms with Gasteiger partial charge < -0.3 is 0 Å². The van der Waals surface area contributed by atoms with E-state index in [-0.39, 0.29) is 0 Å². The van der Waals surface area contributed by atoms with Crippen LogP contribution in [-0.4, -0.2) is 13.1 Å². The number of hydrogen-bond acceptors (Lipinski definition) is 1. The highest BCUT2D eigenvalue weighted by atomic mass is 14.8. The first-order valence-electron chi connectivity index (χ1n) is 2.85. The van der Waals surface area contributed by atoms with Crippen LogP contribution in [0.3, 0.4) is 0 Å². The lowest BCUT2D eigenvalue weighted by molar-refractivity contribution is 0.763. The van der Waals surface area contributed by atoms with Crippen molar-refractivity contribution in [1.29, 1.82) is 0 Å². The van der Waals surface area contributed by atoms with Gasteiger partial charge in [-0.1, -0.05) is 20.4 Å². The average molecular weight is 124 g/mol. The fourth-order valence-electron chi connectivity index (χ4n) is 0.264. The standard InChI is InChI=1S/C7H12N2/c1-6(2)7(3)9-5-8-4/h5-6H,3-4H2,1-2H3. The molecule has 0 N–H and O–H groups in total. The highest BCUT2D eigenvalue weighted by Crippen LogP contribution is 2.05. The summed E-state index contributed by atoms with van der Waals surface area (Å²) in [6, 6.07) is 0. The van der Waals surface area contributed by atoms with Gasteiger partial charge in [0.15, 0.2) is 0 Å². The average Bonchev–Trinajstić information content (AvgIpc) is 1.82. The molecule has 0 aromatic carbocycles. The van der Waals surface area contributed by atoms with Gasteiger partial charge in [-0.2, -0.15) is 0 Å². The molecule has 0 aliphatic rings. The monoisotopic (exact) mass is 124 g/mol. The first-order chi connectivity index (χ1) is 4.18. The van der Waals surface area contributed by atoms with Gasteiger partial charge >= 0.3 is 0 Å². The first-order valence-corrected chi connectivity index (χ1v) is 2.85. The summed E-state index contributed by atoms with van der Waals surface area (Å²) in [6.07, 6.45) is 1.41. The molecule has 2 nitrogen and oxygen atoms in total. The van der Waals surface area contributed by atoms with Gasteiger partial charge in [-0.3, -0.25) is 4.99 Å². The second-order valence-corrected chi connectivity index (χ2v) is 2.07. The molecule has 0 bridgehead atoms. The molecule has 2 heteroatoms. The fraction of sp³-hybridized carbons (Fsp3) is 0.429. The Morgan fingerprint density at radius 1 is 1.56 bits per heavy atom. The molecule has 0 fully saturated rings. The summed E-state index contributed by atoms with van der Waals surface area (Å²) in [5.41, 5.74) is 0.836. The van der Waals surface area contributed by atoms with E-state index >= 15 is 0 Å². The molecule has 0 saturated heterocycles. The summed E-state index contributed by atoms with van der Waals surface area (Å²) in [7, 11) is 0. The third-order valence-corrected chi connectivity index (χ3v) is 0.972. The van der Waals surface area contributed by atoms with Gasteiger partial charge in [-0.25, -0.2) is 4.99 Å². The normalized spacial score (nSPS) is 10.6. The summed E-state index contributed by atoms with van der Waals surface area (Å²) in [6.45, 7) is 11.0. The van der Waals surface area contributed by atoms with Gasteiger partial charge in [0.1, 0.15) is 6.34 Å². The predicted octanol–water partition coefficient (Wildman–Crippen LogP) is 1.89. The Kier molecular flexibility index (Phi) is 3.60. The lowest BCUT2D eigenvalue weighted by Gasteiger charge is -1.99. The van der Waals surface area contributed by atoms with E-state index in [1.54, 1.807) is 0 Å². The van der Waals surface area contributed by atoms with Crippen molar-refractivity contribution in [1.82, 2.24) is 0 Å². The second-order valence-electron chi connectivity index (χ2n) is 2.07. The minimum absolute atomic E-state index is 0.392. The van der Waals surface area contributed by atoms with Gasteiger partial charge in [-0.15, -0.1) is 0 Å². The fourth-order valence-corrected chi connectivity index (χ4v) is 0.264. The Bertz CT molecular complexity index is 134. The lowest BCUT2D eigenvalue weighted by atomic mass is 10.2. The van der Waals surface area contributed by atoms with E-state index in [1.165, 1.54) is 6.34 Å². The SMILES string of the molecule is C=NC=NC(=C)C(C)C. The van der Waals surface area contributed by atoms with E-state index in [1.807, 2.05) is 13.8 Å². The molecular weight excluding hydrogens is 112 g/mol. The molecule has 0 atom stereocenters. The highest BCUT2D eigenvalue weighted by Gasteiger charge is 1.93. The van der Waals surface area contributed by atoms with Gasteiger partial charge in [0.2, 0.25) is 0 Å². The maximum Gasteiger partial charge on any atom is 0.114 e. The smallest absolute Gasteiger partial charge is 0.114 e. The zero-order valence-corrected chi connectivity index (χ0v) is 5.96. The van der Waals surface area contributed by atoms with Crippen LogP contribution in [0.25, 0.3) is 0 Å². The van der Waals surface area contributed by atoms with E-state index in [4.69, 9.17) is 0 Å². The topological polar surface area (TPSA) is 24.7 Å². The molecule has 9 heavy (non-hydrogen) atoms. The molecule has 0 heterocycles. The molecule has 0 aromatic heterocycles. The zero-order valence-electron chi connectivity index (χ0n) is 5.96. The number of allylic oxidation sites excluding steroid dienone is 1. The number of nitrogens with zero attached hydrogens (tertiary/aromatic N) is 2. The van der Waals surface area contributed by atoms with E-state index in [9.17, 15) is 0 Å². The van der Waals surface area contributed by atoms with Crippen molar-refractivity contribution in [2.45, 2.75) is 13.8 Å². The molecular formula is C7H12N2. The minimum atomic E-state index is 0.392. The van der Waals surface area contributed by atoms with Crippen molar-refractivity contribution in [3.8, 4) is 0 Å². The van der Waals surface area contributed by atoms with Crippen LogP contribution >= 0.6 is 0 Å². The molecule has 50 valence electrons. The predicted molar refractivity (Wildman–Crippen MR) is 42.0 cm³/mol. The van der Waals surface area contributed by atoms with Crippen molar-refractivity contribution in [3.63, 3.8) is 0 Å². The minimum Gasteiger partial charge on any atom is -0.253 e. The van der Waals surface area contributed by atoms with Crippen LogP contribution in [0.5, 0.6) is 0 Å². The third kappa shape index (κ3) is 3.64. The molecule has 0 unspecified atom stereocenters. The summed E-state index contributed by atoms with van der Waals surface area (Å²) >= 11 is 0. The summed E-state index contributed by atoms with van der Waals surface area (Å²) < 4.78 is 0. The maximum absolute atomic E-state index is 3.89. The molecule has 0 spiro atoms. The number of rotatable bonds is 3. The van der Waals surface area contributed by atoms with Crippen LogP contribution in [-0.2, 0) is 0 Å². The van der Waals surface area contributed by atoms with Gasteiger partial charge in [-0.05, 0) is 12.6 Å². The van der Waals surface area contributed by atoms with Crippen molar-refractivity contribution in [2.24, 2.45) is 15.9 Å².